The molecular formula is C17H24N2OS. The zero-order chi connectivity index (χ0) is 14.7. The highest BCUT2D eigenvalue weighted by atomic mass is 32.2. The Morgan fingerprint density at radius 3 is 2.52 bits per heavy atom. The number of piperidine rings is 1. The second-order valence-corrected chi connectivity index (χ2v) is 7.22. The third kappa shape index (κ3) is 3.11. The zero-order valence-corrected chi connectivity index (χ0v) is 13.5. The fourth-order valence-electron chi connectivity index (χ4n) is 3.60. The lowest BCUT2D eigenvalue weighted by Gasteiger charge is -2.40. The summed E-state index contributed by atoms with van der Waals surface area (Å²) in [4.78, 5) is 14.9. The van der Waals surface area contributed by atoms with Crippen LogP contribution in [0.4, 0.5) is 0 Å². The van der Waals surface area contributed by atoms with Crippen molar-refractivity contribution in [2.45, 2.75) is 24.5 Å². The van der Waals surface area contributed by atoms with E-state index in [0.29, 0.717) is 5.41 Å². The van der Waals surface area contributed by atoms with Gasteiger partial charge in [0.1, 0.15) is 5.25 Å². The number of nitrogens with one attached hydrogen (secondary N) is 1. The van der Waals surface area contributed by atoms with Crippen LogP contribution in [-0.4, -0.2) is 43.2 Å². The van der Waals surface area contributed by atoms with E-state index in [0.717, 1.165) is 44.6 Å². The topological polar surface area (TPSA) is 32.3 Å². The van der Waals surface area contributed by atoms with Crippen LogP contribution in [-0.2, 0) is 4.79 Å². The molecule has 2 fully saturated rings. The monoisotopic (exact) mass is 304 g/mol. The van der Waals surface area contributed by atoms with Crippen LogP contribution in [0.15, 0.2) is 30.3 Å². The Morgan fingerprint density at radius 2 is 1.95 bits per heavy atom. The van der Waals surface area contributed by atoms with Crippen LogP contribution in [0, 0.1) is 5.41 Å². The maximum atomic E-state index is 12.8. The van der Waals surface area contributed by atoms with Crippen molar-refractivity contribution in [1.29, 1.82) is 0 Å². The molecule has 3 rings (SSSR count). The smallest absolute Gasteiger partial charge is 0.240 e. The summed E-state index contributed by atoms with van der Waals surface area (Å²) in [5.74, 6) is 0.287. The molecule has 1 aromatic rings. The van der Waals surface area contributed by atoms with Crippen molar-refractivity contribution >= 4 is 17.7 Å². The van der Waals surface area contributed by atoms with Crippen LogP contribution in [0.5, 0.6) is 0 Å². The van der Waals surface area contributed by atoms with Gasteiger partial charge < -0.3 is 10.2 Å². The summed E-state index contributed by atoms with van der Waals surface area (Å²) in [6.07, 6.45) is 5.62. The van der Waals surface area contributed by atoms with Gasteiger partial charge in [0.2, 0.25) is 5.91 Å². The fraction of sp³-hybridized carbons (Fsp3) is 0.588. The molecule has 2 heterocycles. The number of amides is 1. The predicted molar refractivity (Wildman–Crippen MR) is 88.4 cm³/mol. The van der Waals surface area contributed by atoms with Crippen molar-refractivity contribution in [2.24, 2.45) is 5.41 Å². The van der Waals surface area contributed by atoms with E-state index in [1.54, 1.807) is 11.8 Å². The summed E-state index contributed by atoms with van der Waals surface area (Å²) < 4.78 is 0. The number of carbonyl (C=O) groups is 1. The van der Waals surface area contributed by atoms with E-state index >= 15 is 0 Å². The number of carbonyl (C=O) groups excluding carboxylic acids is 1. The molecule has 1 spiro atoms. The Hall–Kier alpha value is -1.00. The fourth-order valence-corrected chi connectivity index (χ4v) is 4.38. The maximum absolute atomic E-state index is 12.8. The zero-order valence-electron chi connectivity index (χ0n) is 12.7. The van der Waals surface area contributed by atoms with Gasteiger partial charge in [0.05, 0.1) is 0 Å². The molecule has 21 heavy (non-hydrogen) atoms. The van der Waals surface area contributed by atoms with Gasteiger partial charge in [-0.25, -0.2) is 0 Å². The summed E-state index contributed by atoms with van der Waals surface area (Å²) in [6, 6.07) is 10.2. The van der Waals surface area contributed by atoms with E-state index in [9.17, 15) is 4.79 Å². The van der Waals surface area contributed by atoms with Crippen LogP contribution in [0.25, 0.3) is 0 Å². The van der Waals surface area contributed by atoms with Gasteiger partial charge in [-0.1, -0.05) is 30.3 Å². The molecule has 2 aliphatic heterocycles. The van der Waals surface area contributed by atoms with Gasteiger partial charge in [0.15, 0.2) is 0 Å². The molecule has 114 valence electrons. The van der Waals surface area contributed by atoms with Gasteiger partial charge in [0.25, 0.3) is 0 Å². The molecule has 2 aliphatic rings. The number of hydrogen-bond donors (Lipinski definition) is 1. The van der Waals surface area contributed by atoms with Crippen LogP contribution in [0.1, 0.15) is 30.1 Å². The first-order chi connectivity index (χ1) is 10.2. The number of benzene rings is 1. The highest BCUT2D eigenvalue weighted by Crippen LogP contribution is 2.38. The van der Waals surface area contributed by atoms with Crippen LogP contribution < -0.4 is 5.32 Å². The second kappa shape index (κ2) is 6.41. The van der Waals surface area contributed by atoms with Crippen molar-refractivity contribution in [2.75, 3.05) is 32.4 Å². The van der Waals surface area contributed by atoms with Gasteiger partial charge in [-0.05, 0) is 43.0 Å². The summed E-state index contributed by atoms with van der Waals surface area (Å²) in [6.45, 7) is 4.12. The molecule has 4 heteroatoms. The number of hydrogen-bond acceptors (Lipinski definition) is 3. The average molecular weight is 304 g/mol. The van der Waals surface area contributed by atoms with Gasteiger partial charge >= 0.3 is 0 Å². The van der Waals surface area contributed by atoms with Crippen molar-refractivity contribution < 1.29 is 4.79 Å². The van der Waals surface area contributed by atoms with E-state index in [-0.39, 0.29) is 11.2 Å². The third-order valence-electron chi connectivity index (χ3n) is 5.03. The standard InChI is InChI=1S/C17H24N2OS/c1-21-15(14-5-3-2-4-6-14)16(20)19-11-8-17(9-12-19)7-10-18-13-17/h2-6,15,18H,7-13H2,1H3. The molecule has 0 saturated carbocycles. The minimum atomic E-state index is -0.0537. The third-order valence-corrected chi connectivity index (χ3v) is 5.98. The summed E-state index contributed by atoms with van der Waals surface area (Å²) >= 11 is 1.64. The van der Waals surface area contributed by atoms with Crippen LogP contribution in [0.2, 0.25) is 0 Å². The molecule has 3 nitrogen and oxygen atoms in total. The Balaban J connectivity index is 1.65. The number of rotatable bonds is 3. The first-order valence-electron chi connectivity index (χ1n) is 7.81. The lowest BCUT2D eigenvalue weighted by Crippen LogP contribution is -2.45. The summed E-state index contributed by atoms with van der Waals surface area (Å²) in [5.41, 5.74) is 1.59. The molecular weight excluding hydrogens is 280 g/mol. The minimum Gasteiger partial charge on any atom is -0.341 e. The Labute approximate surface area is 131 Å². The maximum Gasteiger partial charge on any atom is 0.240 e. The van der Waals surface area contributed by atoms with E-state index in [2.05, 4.69) is 22.3 Å². The molecule has 1 N–H and O–H groups in total. The summed E-state index contributed by atoms with van der Waals surface area (Å²) in [5, 5.41) is 3.43. The van der Waals surface area contributed by atoms with Gasteiger partial charge in [-0.15, -0.1) is 11.8 Å². The second-order valence-electron chi connectivity index (χ2n) is 6.28. The normalized spacial score (nSPS) is 22.4. The summed E-state index contributed by atoms with van der Waals surface area (Å²) in [7, 11) is 0. The van der Waals surface area contributed by atoms with Gasteiger partial charge in [-0.2, -0.15) is 0 Å². The Bertz CT molecular complexity index is 475. The number of likely N-dealkylation sites (tertiary alicyclic amines) is 1. The van der Waals surface area contributed by atoms with E-state index in [1.807, 2.05) is 24.5 Å². The first kappa shape index (κ1) is 14.9. The molecule has 1 aromatic carbocycles. The van der Waals surface area contributed by atoms with Gasteiger partial charge in [-0.3, -0.25) is 4.79 Å². The highest BCUT2D eigenvalue weighted by molar-refractivity contribution is 7.99. The molecule has 0 aliphatic carbocycles. The molecule has 1 atom stereocenters. The largest absolute Gasteiger partial charge is 0.341 e. The van der Waals surface area contributed by atoms with Crippen molar-refractivity contribution in [1.82, 2.24) is 10.2 Å². The van der Waals surface area contributed by atoms with Crippen molar-refractivity contribution in [3.8, 4) is 0 Å². The lowest BCUT2D eigenvalue weighted by molar-refractivity contribution is -0.132. The molecule has 1 unspecified atom stereocenters. The van der Waals surface area contributed by atoms with Crippen LogP contribution >= 0.6 is 11.8 Å². The van der Waals surface area contributed by atoms with E-state index in [4.69, 9.17) is 0 Å². The quantitative estimate of drug-likeness (QED) is 0.932. The minimum absolute atomic E-state index is 0.0537. The molecule has 0 bridgehead atoms. The van der Waals surface area contributed by atoms with Crippen LogP contribution in [0.3, 0.4) is 0 Å². The van der Waals surface area contributed by atoms with Gasteiger partial charge in [0, 0.05) is 19.6 Å². The first-order valence-corrected chi connectivity index (χ1v) is 9.10. The molecule has 2 saturated heterocycles. The van der Waals surface area contributed by atoms with E-state index < -0.39 is 0 Å². The number of thioether (sulfide) groups is 1. The Morgan fingerprint density at radius 1 is 1.24 bits per heavy atom. The molecule has 0 aromatic heterocycles. The number of nitrogens with zero attached hydrogens (tertiary/aromatic N) is 1. The van der Waals surface area contributed by atoms with Crippen molar-refractivity contribution in [3.63, 3.8) is 0 Å². The predicted octanol–water partition coefficient (Wildman–Crippen LogP) is 2.69. The SMILES string of the molecule is CSC(C(=O)N1CCC2(CCNC2)CC1)c1ccccc1. The average Bonchev–Trinajstić information content (AvgIpc) is 2.98. The van der Waals surface area contributed by atoms with E-state index in [1.165, 1.54) is 6.42 Å². The highest BCUT2D eigenvalue weighted by Gasteiger charge is 2.39. The lowest BCUT2D eigenvalue weighted by atomic mass is 9.78. The molecule has 0 radical (unpaired) electrons. The molecule has 1 amide bonds. The van der Waals surface area contributed by atoms with Crippen molar-refractivity contribution in [3.05, 3.63) is 35.9 Å². The Kier molecular flexibility index (Phi) is 4.55.